The van der Waals surface area contributed by atoms with E-state index in [1.54, 1.807) is 21.3 Å². The van der Waals surface area contributed by atoms with E-state index in [0.717, 1.165) is 32.1 Å². The van der Waals surface area contributed by atoms with E-state index in [4.69, 9.17) is 42.4 Å². The molecule has 0 spiro atoms. The number of hydrogen-bond donors (Lipinski definition) is 3. The maximum absolute atomic E-state index is 9.93. The number of aliphatic imine (C=N–C) groups is 1. The molecule has 0 aromatic heterocycles. The summed E-state index contributed by atoms with van der Waals surface area (Å²) in [5, 5.41) is -0.241. The van der Waals surface area contributed by atoms with E-state index in [-0.39, 0.29) is 10.6 Å². The predicted octanol–water partition coefficient (Wildman–Crippen LogP) is 2.18. The van der Waals surface area contributed by atoms with Gasteiger partial charge in [0.05, 0.1) is 6.54 Å². The van der Waals surface area contributed by atoms with E-state index in [0.29, 0.717) is 45.0 Å². The third-order valence-electron chi connectivity index (χ3n) is 5.48. The highest BCUT2D eigenvalue weighted by atomic mass is 32.1. The molecular formula is C22H53N3O8SSi3. The monoisotopic (exact) mass is 603 g/mol. The van der Waals surface area contributed by atoms with Crippen molar-refractivity contribution >= 4 is 46.1 Å². The van der Waals surface area contributed by atoms with Gasteiger partial charge in [0.15, 0.2) is 0 Å². The second-order valence-electron chi connectivity index (χ2n) is 8.33. The van der Waals surface area contributed by atoms with E-state index in [1.807, 2.05) is 20.8 Å². The van der Waals surface area contributed by atoms with Gasteiger partial charge < -0.3 is 42.4 Å². The highest BCUT2D eigenvalue weighted by Crippen LogP contribution is 2.27. The Morgan fingerprint density at radius 3 is 1.92 bits per heavy atom. The van der Waals surface area contributed by atoms with Crippen molar-refractivity contribution in [2.75, 3.05) is 54.2 Å². The van der Waals surface area contributed by atoms with Gasteiger partial charge in [-0.3, -0.25) is 0 Å². The minimum atomic E-state index is -2.75. The molecule has 0 amide bonds. The van der Waals surface area contributed by atoms with Gasteiger partial charge >= 0.3 is 17.6 Å². The molecule has 0 saturated heterocycles. The number of thiol groups is 1. The van der Waals surface area contributed by atoms with Crippen LogP contribution in [0, 0.1) is 0 Å². The number of carbonyl (C=O) groups excluding carboxylic acids is 1. The van der Waals surface area contributed by atoms with E-state index in [1.165, 1.54) is 6.08 Å². The van der Waals surface area contributed by atoms with Crippen molar-refractivity contribution in [1.82, 2.24) is 0 Å². The van der Waals surface area contributed by atoms with Gasteiger partial charge in [0, 0.05) is 58.8 Å². The molecule has 11 nitrogen and oxygen atoms in total. The molecule has 4 N–H and O–H groups in total. The van der Waals surface area contributed by atoms with Crippen molar-refractivity contribution in [3.05, 3.63) is 0 Å². The lowest BCUT2D eigenvalue weighted by molar-refractivity contribution is 0.0710. The topological polar surface area (TPSA) is 146 Å². The van der Waals surface area contributed by atoms with Gasteiger partial charge in [-0.2, -0.15) is 12.6 Å². The number of isocyanates is 1. The lowest BCUT2D eigenvalue weighted by Gasteiger charge is -2.34. The number of nitrogens with two attached hydrogens (primary N) is 2. The average molecular weight is 604 g/mol. The number of hydrogen-bond acceptors (Lipinski definition) is 12. The van der Waals surface area contributed by atoms with Crippen molar-refractivity contribution in [3.8, 4) is 0 Å². The molecule has 0 aliphatic carbocycles. The highest BCUT2D eigenvalue weighted by molar-refractivity contribution is 7.82. The van der Waals surface area contributed by atoms with Gasteiger partial charge in [-0.1, -0.05) is 13.3 Å². The Kier molecular flexibility index (Phi) is 25.3. The Labute approximate surface area is 234 Å². The molecule has 0 fully saturated rings. The van der Waals surface area contributed by atoms with Crippen molar-refractivity contribution in [3.63, 3.8) is 0 Å². The Morgan fingerprint density at radius 2 is 1.51 bits per heavy atom. The van der Waals surface area contributed by atoms with Crippen molar-refractivity contribution < 1.29 is 35.8 Å². The smallest absolute Gasteiger partial charge is 0.423 e. The molecule has 2 atom stereocenters. The van der Waals surface area contributed by atoms with Gasteiger partial charge in [-0.25, -0.2) is 9.79 Å². The Bertz CT molecular complexity index is 568. The minimum absolute atomic E-state index is 0.241. The lowest BCUT2D eigenvalue weighted by Crippen LogP contribution is -2.50. The summed E-state index contributed by atoms with van der Waals surface area (Å²) in [4.78, 5) is 13.4. The van der Waals surface area contributed by atoms with Crippen LogP contribution in [0.25, 0.3) is 0 Å². The summed E-state index contributed by atoms with van der Waals surface area (Å²) in [7, 11) is -1.25. The van der Waals surface area contributed by atoms with Gasteiger partial charge in [0.1, 0.15) is 5.06 Å². The van der Waals surface area contributed by atoms with Crippen LogP contribution in [-0.2, 0) is 35.8 Å². The van der Waals surface area contributed by atoms with Crippen molar-refractivity contribution in [2.24, 2.45) is 16.5 Å². The summed E-state index contributed by atoms with van der Waals surface area (Å²) >= 11 is 4.40. The standard InChI is InChI=1S/C12H32N2O4SSi2.C10H21NO4Si/c1-5-6-12(14,7-9-13)8-10-21(16-3,17-4)18-11(19)20-15-2;1-4-13-16(14-5-2,15-6-3)9-7-8-11-10-12/h11,19H,5-10,13-14,20H2,1-4H3;4-9H2,1-3H3. The van der Waals surface area contributed by atoms with Crippen molar-refractivity contribution in [2.45, 2.75) is 82.5 Å². The van der Waals surface area contributed by atoms with Crippen LogP contribution in [0.15, 0.2) is 4.99 Å². The SMILES string of the molecule is CCCC(N)(CCN)CC[Si](OC)(OC)OC(S)[SiH2]OC.CCO[Si](CCCN=C=O)(OCC)OCC. The number of nitrogens with zero attached hydrogens (tertiary/aromatic N) is 1. The second kappa shape index (κ2) is 23.9. The molecule has 0 aliphatic rings. The van der Waals surface area contributed by atoms with Crippen LogP contribution >= 0.6 is 12.6 Å². The zero-order valence-electron chi connectivity index (χ0n) is 24.1. The summed E-state index contributed by atoms with van der Waals surface area (Å²) < 4.78 is 39.2. The van der Waals surface area contributed by atoms with Crippen LogP contribution in [0.3, 0.4) is 0 Å². The predicted molar refractivity (Wildman–Crippen MR) is 157 cm³/mol. The van der Waals surface area contributed by atoms with Gasteiger partial charge in [0.2, 0.25) is 15.8 Å². The molecule has 0 saturated carbocycles. The third kappa shape index (κ3) is 18.1. The summed E-state index contributed by atoms with van der Waals surface area (Å²) in [6.45, 7) is 10.6. The molecule has 2 unspecified atom stereocenters. The van der Waals surface area contributed by atoms with Crippen molar-refractivity contribution in [1.29, 1.82) is 0 Å². The van der Waals surface area contributed by atoms with Crippen LogP contribution in [0.1, 0.15) is 59.8 Å². The first kappa shape index (κ1) is 39.2. The quantitative estimate of drug-likeness (QED) is 0.0397. The molecule has 15 heteroatoms. The Balaban J connectivity index is 0. The zero-order chi connectivity index (χ0) is 28.6. The molecule has 0 radical (unpaired) electrons. The molecule has 0 aromatic rings. The van der Waals surface area contributed by atoms with E-state index < -0.39 is 27.4 Å². The Morgan fingerprint density at radius 1 is 0.946 bits per heavy atom. The van der Waals surface area contributed by atoms with Crippen LogP contribution in [0.5, 0.6) is 0 Å². The van der Waals surface area contributed by atoms with Gasteiger partial charge in [-0.05, 0) is 53.0 Å². The van der Waals surface area contributed by atoms with E-state index in [9.17, 15) is 4.79 Å². The molecule has 0 aromatic carbocycles. The van der Waals surface area contributed by atoms with Gasteiger partial charge in [0.25, 0.3) is 0 Å². The van der Waals surface area contributed by atoms with Gasteiger partial charge in [-0.15, -0.1) is 0 Å². The Hall–Kier alpha value is 0.0206. The summed E-state index contributed by atoms with van der Waals surface area (Å²) in [6.07, 6.45) is 5.75. The minimum Gasteiger partial charge on any atom is -0.423 e. The first-order valence-electron chi connectivity index (χ1n) is 13.0. The fourth-order valence-electron chi connectivity index (χ4n) is 3.81. The molecule has 222 valence electrons. The van der Waals surface area contributed by atoms with Crippen LogP contribution in [-0.4, -0.2) is 98.3 Å². The largest absolute Gasteiger partial charge is 0.501 e. The fourth-order valence-corrected chi connectivity index (χ4v) is 10.8. The second-order valence-corrected chi connectivity index (χ2v) is 16.9. The molecule has 0 aliphatic heterocycles. The maximum atomic E-state index is 9.93. The van der Waals surface area contributed by atoms with E-state index >= 15 is 0 Å². The first-order chi connectivity index (χ1) is 17.6. The first-order valence-corrected chi connectivity index (χ1v) is 18.8. The molecule has 0 heterocycles. The summed E-state index contributed by atoms with van der Waals surface area (Å²) in [5.74, 6) is 0. The molecular weight excluding hydrogens is 551 g/mol. The molecule has 37 heavy (non-hydrogen) atoms. The van der Waals surface area contributed by atoms with Crippen LogP contribution in [0.2, 0.25) is 12.1 Å². The third-order valence-corrected chi connectivity index (χ3v) is 13.2. The fraction of sp³-hybridized carbons (Fsp3) is 0.955. The molecule has 0 bridgehead atoms. The lowest BCUT2D eigenvalue weighted by atomic mass is 9.88. The average Bonchev–Trinajstić information content (AvgIpc) is 2.86. The number of rotatable bonds is 23. The zero-order valence-corrected chi connectivity index (χ0v) is 28.4. The molecule has 0 rings (SSSR count). The van der Waals surface area contributed by atoms with Crippen LogP contribution < -0.4 is 11.5 Å². The normalized spacial score (nSPS) is 14.6. The van der Waals surface area contributed by atoms with E-state index in [2.05, 4.69) is 24.5 Å². The summed E-state index contributed by atoms with van der Waals surface area (Å²) in [5.41, 5.74) is 11.9. The van der Waals surface area contributed by atoms with Crippen LogP contribution in [0.4, 0.5) is 0 Å². The summed E-state index contributed by atoms with van der Waals surface area (Å²) in [6, 6.07) is 1.35. The maximum Gasteiger partial charge on any atom is 0.501 e. The highest BCUT2D eigenvalue weighted by Gasteiger charge is 2.43.